The molecule has 0 atom stereocenters. The van der Waals surface area contributed by atoms with Crippen LogP contribution in [0.5, 0.6) is 5.75 Å². The van der Waals surface area contributed by atoms with Crippen LogP contribution < -0.4 is 4.74 Å². The number of rotatable bonds is 6. The second kappa shape index (κ2) is 8.84. The van der Waals surface area contributed by atoms with Crippen molar-refractivity contribution in [3.8, 4) is 5.75 Å². The van der Waals surface area contributed by atoms with Gasteiger partial charge in [0.2, 0.25) is 5.91 Å². The number of piperidine rings is 1. The van der Waals surface area contributed by atoms with Crippen molar-refractivity contribution in [1.29, 1.82) is 0 Å². The fourth-order valence-electron chi connectivity index (χ4n) is 3.55. The van der Waals surface area contributed by atoms with E-state index in [9.17, 15) is 9.18 Å². The number of amides is 1. The van der Waals surface area contributed by atoms with Gasteiger partial charge < -0.3 is 9.64 Å². The minimum atomic E-state index is -0.296. The van der Waals surface area contributed by atoms with Crippen LogP contribution in [0.25, 0.3) is 0 Å². The summed E-state index contributed by atoms with van der Waals surface area (Å²) in [7, 11) is 1.68. The van der Waals surface area contributed by atoms with Gasteiger partial charge in [0.1, 0.15) is 11.6 Å². The molecule has 1 amide bonds. The molecule has 0 aromatic heterocycles. The molecule has 2 aromatic carbocycles. The van der Waals surface area contributed by atoms with Crippen LogP contribution >= 0.6 is 0 Å². The van der Waals surface area contributed by atoms with Gasteiger partial charge in [0.05, 0.1) is 13.5 Å². The molecule has 2 aromatic rings. The van der Waals surface area contributed by atoms with Crippen LogP contribution in [0.2, 0.25) is 0 Å². The van der Waals surface area contributed by atoms with Gasteiger partial charge >= 0.3 is 0 Å². The van der Waals surface area contributed by atoms with Crippen molar-refractivity contribution in [2.24, 2.45) is 5.92 Å². The van der Waals surface area contributed by atoms with Crippen molar-refractivity contribution in [3.63, 3.8) is 0 Å². The Bertz CT molecular complexity index is 721. The van der Waals surface area contributed by atoms with Crippen LogP contribution in [0, 0.1) is 11.7 Å². The highest BCUT2D eigenvalue weighted by Crippen LogP contribution is 2.24. The number of hydrogen-bond donors (Lipinski definition) is 0. The number of carbonyl (C=O) groups is 1. The van der Waals surface area contributed by atoms with Gasteiger partial charge in [-0.3, -0.25) is 4.79 Å². The van der Waals surface area contributed by atoms with E-state index in [1.807, 2.05) is 17.0 Å². The van der Waals surface area contributed by atoms with E-state index in [0.717, 1.165) is 44.5 Å². The van der Waals surface area contributed by atoms with Crippen LogP contribution in [0.1, 0.15) is 30.4 Å². The first-order valence-corrected chi connectivity index (χ1v) is 9.30. The minimum absolute atomic E-state index is 0.0312. The summed E-state index contributed by atoms with van der Waals surface area (Å²) in [6.07, 6.45) is 4.40. The molecule has 26 heavy (non-hydrogen) atoms. The van der Waals surface area contributed by atoms with Crippen molar-refractivity contribution >= 4 is 5.91 Å². The fourth-order valence-corrected chi connectivity index (χ4v) is 3.55. The third-order valence-corrected chi connectivity index (χ3v) is 5.27. The molecule has 0 aliphatic carbocycles. The van der Waals surface area contributed by atoms with E-state index in [4.69, 9.17) is 4.74 Å². The zero-order valence-corrected chi connectivity index (χ0v) is 15.3. The van der Waals surface area contributed by atoms with Crippen LogP contribution in [-0.4, -0.2) is 31.0 Å². The average molecular weight is 355 g/mol. The lowest BCUT2D eigenvalue weighted by molar-refractivity contribution is -0.131. The van der Waals surface area contributed by atoms with Crippen molar-refractivity contribution < 1.29 is 13.9 Å². The predicted octanol–water partition coefficient (Wildman–Crippen LogP) is 4.25. The van der Waals surface area contributed by atoms with Gasteiger partial charge in [-0.05, 0) is 60.9 Å². The molecule has 0 bridgehead atoms. The van der Waals surface area contributed by atoms with Gasteiger partial charge in [-0.2, -0.15) is 0 Å². The van der Waals surface area contributed by atoms with Crippen LogP contribution in [0.15, 0.2) is 48.5 Å². The Kier molecular flexibility index (Phi) is 6.26. The largest absolute Gasteiger partial charge is 0.497 e. The van der Waals surface area contributed by atoms with E-state index in [1.165, 1.54) is 11.6 Å². The van der Waals surface area contributed by atoms with E-state index in [0.29, 0.717) is 11.5 Å². The minimum Gasteiger partial charge on any atom is -0.497 e. The highest BCUT2D eigenvalue weighted by Gasteiger charge is 2.23. The first-order chi connectivity index (χ1) is 12.7. The van der Waals surface area contributed by atoms with Gasteiger partial charge in [0.15, 0.2) is 0 Å². The number of nitrogens with zero attached hydrogens (tertiary/aromatic N) is 1. The number of benzene rings is 2. The number of hydrogen-bond acceptors (Lipinski definition) is 2. The second-order valence-corrected chi connectivity index (χ2v) is 6.98. The molecule has 1 saturated heterocycles. The summed E-state index contributed by atoms with van der Waals surface area (Å²) in [4.78, 5) is 14.3. The van der Waals surface area contributed by atoms with Crippen molar-refractivity contribution in [1.82, 2.24) is 4.90 Å². The first-order valence-electron chi connectivity index (χ1n) is 9.30. The lowest BCUT2D eigenvalue weighted by atomic mass is 9.90. The number of ether oxygens (including phenoxy) is 1. The zero-order valence-electron chi connectivity index (χ0n) is 15.3. The summed E-state index contributed by atoms with van der Waals surface area (Å²) < 4.78 is 18.9. The molecule has 0 N–H and O–H groups in total. The molecular weight excluding hydrogens is 329 g/mol. The van der Waals surface area contributed by atoms with Gasteiger partial charge in [-0.15, -0.1) is 0 Å². The van der Waals surface area contributed by atoms with Crippen LogP contribution in [0.3, 0.4) is 0 Å². The summed E-state index contributed by atoms with van der Waals surface area (Å²) in [6, 6.07) is 14.8. The Morgan fingerprint density at radius 2 is 1.81 bits per heavy atom. The van der Waals surface area contributed by atoms with E-state index in [-0.39, 0.29) is 18.1 Å². The highest BCUT2D eigenvalue weighted by atomic mass is 19.1. The third kappa shape index (κ3) is 4.84. The molecule has 0 unspecified atom stereocenters. The van der Waals surface area contributed by atoms with E-state index in [2.05, 4.69) is 12.1 Å². The van der Waals surface area contributed by atoms with Gasteiger partial charge in [-0.25, -0.2) is 4.39 Å². The maximum atomic E-state index is 13.7. The van der Waals surface area contributed by atoms with E-state index in [1.54, 1.807) is 25.3 Å². The normalized spacial score (nSPS) is 15.1. The summed E-state index contributed by atoms with van der Waals surface area (Å²) in [5, 5.41) is 0. The lowest BCUT2D eigenvalue weighted by Crippen LogP contribution is -2.39. The molecule has 0 saturated carbocycles. The maximum Gasteiger partial charge on any atom is 0.227 e. The molecule has 0 radical (unpaired) electrons. The summed E-state index contributed by atoms with van der Waals surface area (Å²) in [5.41, 5.74) is 1.81. The number of methoxy groups -OCH3 is 1. The molecule has 1 heterocycles. The zero-order chi connectivity index (χ0) is 18.4. The fraction of sp³-hybridized carbons (Fsp3) is 0.409. The first kappa shape index (κ1) is 18.4. The number of halogens is 1. The Morgan fingerprint density at radius 1 is 1.12 bits per heavy atom. The highest BCUT2D eigenvalue weighted by molar-refractivity contribution is 5.78. The van der Waals surface area contributed by atoms with Gasteiger partial charge in [0, 0.05) is 13.1 Å². The molecule has 1 aliphatic heterocycles. The van der Waals surface area contributed by atoms with Crippen molar-refractivity contribution in [2.75, 3.05) is 20.2 Å². The van der Waals surface area contributed by atoms with E-state index >= 15 is 0 Å². The average Bonchev–Trinajstić information content (AvgIpc) is 2.69. The maximum absolute atomic E-state index is 13.7. The van der Waals surface area contributed by atoms with Gasteiger partial charge in [0.25, 0.3) is 0 Å². The monoisotopic (exact) mass is 355 g/mol. The second-order valence-electron chi connectivity index (χ2n) is 6.98. The van der Waals surface area contributed by atoms with Crippen LogP contribution in [-0.2, 0) is 17.6 Å². The molecular formula is C22H26FNO2. The standard InChI is InChI=1S/C22H26FNO2/c1-26-20-10-8-17(9-11-20)6-7-18-12-14-24(15-13-18)22(25)16-19-4-2-3-5-21(19)23/h2-5,8-11,18H,6-7,12-16H2,1H3. The summed E-state index contributed by atoms with van der Waals surface area (Å²) >= 11 is 0. The number of likely N-dealkylation sites (tertiary alicyclic amines) is 1. The quantitative estimate of drug-likeness (QED) is 0.775. The van der Waals surface area contributed by atoms with Gasteiger partial charge in [-0.1, -0.05) is 30.3 Å². The smallest absolute Gasteiger partial charge is 0.227 e. The molecule has 0 spiro atoms. The predicted molar refractivity (Wildman–Crippen MR) is 101 cm³/mol. The topological polar surface area (TPSA) is 29.5 Å². The molecule has 3 nitrogen and oxygen atoms in total. The van der Waals surface area contributed by atoms with E-state index < -0.39 is 0 Å². The summed E-state index contributed by atoms with van der Waals surface area (Å²) in [6.45, 7) is 1.56. The molecule has 1 fully saturated rings. The number of aryl methyl sites for hydroxylation is 1. The Morgan fingerprint density at radius 3 is 2.46 bits per heavy atom. The van der Waals surface area contributed by atoms with Crippen molar-refractivity contribution in [2.45, 2.75) is 32.1 Å². The summed E-state index contributed by atoms with van der Waals surface area (Å²) in [5.74, 6) is 1.27. The molecule has 3 rings (SSSR count). The Balaban J connectivity index is 1.43. The SMILES string of the molecule is COc1ccc(CCC2CCN(C(=O)Cc3ccccc3F)CC2)cc1. The van der Waals surface area contributed by atoms with Crippen LogP contribution in [0.4, 0.5) is 4.39 Å². The number of carbonyl (C=O) groups excluding carboxylic acids is 1. The third-order valence-electron chi connectivity index (χ3n) is 5.27. The molecule has 138 valence electrons. The molecule has 1 aliphatic rings. The Hall–Kier alpha value is -2.36. The molecule has 4 heteroatoms. The lowest BCUT2D eigenvalue weighted by Gasteiger charge is -2.32. The van der Waals surface area contributed by atoms with Crippen molar-refractivity contribution in [3.05, 3.63) is 65.5 Å². The Labute approximate surface area is 154 Å².